The maximum Gasteiger partial charge on any atom is 0.264 e. The fourth-order valence-corrected chi connectivity index (χ4v) is 3.10. The predicted octanol–water partition coefficient (Wildman–Crippen LogP) is 2.48. The lowest BCUT2D eigenvalue weighted by atomic mass is 10.2. The van der Waals surface area contributed by atoms with Crippen LogP contribution >= 0.6 is 11.3 Å². The number of anilines is 1. The third kappa shape index (κ3) is 2.37. The van der Waals surface area contributed by atoms with E-state index in [1.165, 1.54) is 11.3 Å². The topological polar surface area (TPSA) is 75.0 Å². The highest BCUT2D eigenvalue weighted by Gasteiger charge is 2.15. The second-order valence-electron chi connectivity index (χ2n) is 4.68. The Morgan fingerprint density at radius 3 is 3.05 bits per heavy atom. The molecule has 2 heterocycles. The first-order chi connectivity index (χ1) is 9.63. The summed E-state index contributed by atoms with van der Waals surface area (Å²) >= 11 is 1.48. The van der Waals surface area contributed by atoms with Crippen molar-refractivity contribution in [3.8, 4) is 0 Å². The van der Waals surface area contributed by atoms with Gasteiger partial charge in [0.15, 0.2) is 0 Å². The zero-order valence-electron chi connectivity index (χ0n) is 11.0. The number of benzene rings is 1. The van der Waals surface area contributed by atoms with Gasteiger partial charge in [0.2, 0.25) is 0 Å². The van der Waals surface area contributed by atoms with Gasteiger partial charge in [-0.05, 0) is 29.7 Å². The SMILES string of the molecule is CN(Cc1cn[nH]c1)C(=O)c1cc2cc(N)ccc2s1. The molecule has 5 nitrogen and oxygen atoms in total. The fourth-order valence-electron chi connectivity index (χ4n) is 2.07. The summed E-state index contributed by atoms with van der Waals surface area (Å²) in [7, 11) is 1.79. The molecule has 0 aliphatic heterocycles. The van der Waals surface area contributed by atoms with Gasteiger partial charge in [0.1, 0.15) is 0 Å². The summed E-state index contributed by atoms with van der Waals surface area (Å²) in [5.74, 6) is 0.00553. The van der Waals surface area contributed by atoms with E-state index < -0.39 is 0 Å². The molecule has 0 saturated carbocycles. The van der Waals surface area contributed by atoms with E-state index in [-0.39, 0.29) is 5.91 Å². The minimum Gasteiger partial charge on any atom is -0.399 e. The summed E-state index contributed by atoms with van der Waals surface area (Å²) in [4.78, 5) is 14.8. The van der Waals surface area contributed by atoms with Gasteiger partial charge in [-0.2, -0.15) is 5.10 Å². The first-order valence-corrected chi connectivity index (χ1v) is 6.97. The van der Waals surface area contributed by atoms with Crippen molar-refractivity contribution in [3.05, 3.63) is 47.1 Å². The number of thiophene rings is 1. The van der Waals surface area contributed by atoms with Crippen LogP contribution in [0, 0.1) is 0 Å². The second-order valence-corrected chi connectivity index (χ2v) is 5.76. The standard InChI is InChI=1S/C14H14N4OS/c1-18(8-9-6-16-17-7-9)14(19)13-5-10-4-11(15)2-3-12(10)20-13/h2-7H,8,15H2,1H3,(H,16,17). The number of carbonyl (C=O) groups excluding carboxylic acids is 1. The van der Waals surface area contributed by atoms with Crippen molar-refractivity contribution in [2.75, 3.05) is 12.8 Å². The molecule has 6 heteroatoms. The highest BCUT2D eigenvalue weighted by atomic mass is 32.1. The molecule has 0 saturated heterocycles. The van der Waals surface area contributed by atoms with Crippen LogP contribution in [0.25, 0.3) is 10.1 Å². The number of nitrogen functional groups attached to an aromatic ring is 1. The molecule has 2 aromatic heterocycles. The molecule has 0 atom stereocenters. The molecular formula is C14H14N4OS. The summed E-state index contributed by atoms with van der Waals surface area (Å²) in [5, 5.41) is 7.63. The normalized spacial score (nSPS) is 10.8. The first kappa shape index (κ1) is 12.7. The van der Waals surface area contributed by atoms with E-state index in [0.29, 0.717) is 12.2 Å². The van der Waals surface area contributed by atoms with Gasteiger partial charge < -0.3 is 10.6 Å². The molecule has 1 aromatic carbocycles. The minimum atomic E-state index is 0.00553. The molecule has 0 aliphatic carbocycles. The molecule has 0 bridgehead atoms. The number of rotatable bonds is 3. The van der Waals surface area contributed by atoms with Gasteiger partial charge in [-0.1, -0.05) is 0 Å². The van der Waals surface area contributed by atoms with E-state index in [1.807, 2.05) is 24.3 Å². The van der Waals surface area contributed by atoms with Crippen LogP contribution in [0.4, 0.5) is 5.69 Å². The van der Waals surface area contributed by atoms with Crippen molar-refractivity contribution < 1.29 is 4.79 Å². The molecule has 0 aliphatic rings. The fraction of sp³-hybridized carbons (Fsp3) is 0.143. The van der Waals surface area contributed by atoms with Crippen LogP contribution in [-0.2, 0) is 6.54 Å². The van der Waals surface area contributed by atoms with Gasteiger partial charge in [0.05, 0.1) is 11.1 Å². The van der Waals surface area contributed by atoms with Crippen LogP contribution < -0.4 is 5.73 Å². The number of nitrogens with zero attached hydrogens (tertiary/aromatic N) is 2. The van der Waals surface area contributed by atoms with Gasteiger partial charge in [0.25, 0.3) is 5.91 Å². The van der Waals surface area contributed by atoms with Gasteiger partial charge in [-0.3, -0.25) is 9.89 Å². The highest BCUT2D eigenvalue weighted by Crippen LogP contribution is 2.28. The smallest absolute Gasteiger partial charge is 0.264 e. The zero-order valence-corrected chi connectivity index (χ0v) is 11.8. The average Bonchev–Trinajstić information content (AvgIpc) is 3.06. The summed E-state index contributed by atoms with van der Waals surface area (Å²) in [5.41, 5.74) is 7.45. The number of aromatic amines is 1. The zero-order chi connectivity index (χ0) is 14.1. The summed E-state index contributed by atoms with van der Waals surface area (Å²) < 4.78 is 1.07. The van der Waals surface area contributed by atoms with Crippen molar-refractivity contribution in [3.63, 3.8) is 0 Å². The monoisotopic (exact) mass is 286 g/mol. The first-order valence-electron chi connectivity index (χ1n) is 6.15. The van der Waals surface area contributed by atoms with E-state index >= 15 is 0 Å². The largest absolute Gasteiger partial charge is 0.399 e. The van der Waals surface area contributed by atoms with Crippen molar-refractivity contribution in [1.82, 2.24) is 15.1 Å². The van der Waals surface area contributed by atoms with Gasteiger partial charge in [-0.25, -0.2) is 0 Å². The van der Waals surface area contributed by atoms with Crippen LogP contribution in [0.1, 0.15) is 15.2 Å². The minimum absolute atomic E-state index is 0.00553. The molecule has 0 unspecified atom stereocenters. The van der Waals surface area contributed by atoms with Crippen molar-refractivity contribution in [2.45, 2.75) is 6.54 Å². The molecule has 20 heavy (non-hydrogen) atoms. The Bertz CT molecular complexity index is 748. The molecule has 3 rings (SSSR count). The summed E-state index contributed by atoms with van der Waals surface area (Å²) in [6.45, 7) is 0.533. The number of amides is 1. The Labute approximate surface area is 120 Å². The molecule has 0 radical (unpaired) electrons. The number of carbonyl (C=O) groups is 1. The van der Waals surface area contributed by atoms with Crippen LogP contribution in [0.2, 0.25) is 0 Å². The molecule has 0 fully saturated rings. The highest BCUT2D eigenvalue weighted by molar-refractivity contribution is 7.20. The van der Waals surface area contributed by atoms with Gasteiger partial charge in [0, 0.05) is 35.7 Å². The van der Waals surface area contributed by atoms with Crippen LogP contribution in [-0.4, -0.2) is 28.1 Å². The number of nitrogens with two attached hydrogens (primary N) is 1. The van der Waals surface area contributed by atoms with E-state index in [9.17, 15) is 4.79 Å². The number of nitrogens with one attached hydrogen (secondary N) is 1. The quantitative estimate of drug-likeness (QED) is 0.726. The third-order valence-electron chi connectivity index (χ3n) is 3.07. The molecule has 102 valence electrons. The van der Waals surface area contributed by atoms with Crippen molar-refractivity contribution in [2.24, 2.45) is 0 Å². The predicted molar refractivity (Wildman–Crippen MR) is 80.6 cm³/mol. The van der Waals surface area contributed by atoms with Crippen LogP contribution in [0.3, 0.4) is 0 Å². The van der Waals surface area contributed by atoms with E-state index in [2.05, 4.69) is 10.2 Å². The third-order valence-corrected chi connectivity index (χ3v) is 4.18. The van der Waals surface area contributed by atoms with E-state index in [4.69, 9.17) is 5.73 Å². The van der Waals surface area contributed by atoms with Gasteiger partial charge in [-0.15, -0.1) is 11.3 Å². The lowest BCUT2D eigenvalue weighted by molar-refractivity contribution is 0.0790. The van der Waals surface area contributed by atoms with Crippen LogP contribution in [0.15, 0.2) is 36.7 Å². The Morgan fingerprint density at radius 1 is 1.45 bits per heavy atom. The van der Waals surface area contributed by atoms with Crippen molar-refractivity contribution >= 4 is 33.0 Å². The Hall–Kier alpha value is -2.34. The Morgan fingerprint density at radius 2 is 2.30 bits per heavy atom. The van der Waals surface area contributed by atoms with E-state index in [0.717, 1.165) is 20.5 Å². The number of aromatic nitrogens is 2. The summed E-state index contributed by atoms with van der Waals surface area (Å²) in [6, 6.07) is 7.58. The Kier molecular flexibility index (Phi) is 3.15. The lowest BCUT2D eigenvalue weighted by Gasteiger charge is -2.14. The number of hydrogen-bond donors (Lipinski definition) is 2. The number of fused-ring (bicyclic) bond motifs is 1. The molecule has 0 spiro atoms. The van der Waals surface area contributed by atoms with E-state index in [1.54, 1.807) is 24.3 Å². The maximum absolute atomic E-state index is 12.4. The molecule has 1 amide bonds. The maximum atomic E-state index is 12.4. The van der Waals surface area contributed by atoms with Crippen molar-refractivity contribution in [1.29, 1.82) is 0 Å². The second kappa shape index (κ2) is 4.97. The number of hydrogen-bond acceptors (Lipinski definition) is 4. The average molecular weight is 286 g/mol. The summed E-state index contributed by atoms with van der Waals surface area (Å²) in [6.07, 6.45) is 3.50. The Balaban J connectivity index is 1.84. The number of H-pyrrole nitrogens is 1. The molecule has 3 aromatic rings. The molecular weight excluding hydrogens is 272 g/mol. The van der Waals surface area contributed by atoms with Gasteiger partial charge >= 0.3 is 0 Å². The lowest BCUT2D eigenvalue weighted by Crippen LogP contribution is -2.25. The van der Waals surface area contributed by atoms with Crippen LogP contribution in [0.5, 0.6) is 0 Å². The molecule has 3 N–H and O–H groups in total.